The Morgan fingerprint density at radius 3 is 2.89 bits per heavy atom. The largest absolute Gasteiger partial charge is 0.508 e. The number of rotatable bonds is 3. The number of unbranched alkanes of at least 4 members (excludes halogenated alkanes) is 1. The fourth-order valence-electron chi connectivity index (χ4n) is 3.55. The molecule has 1 aromatic rings. The summed E-state index contributed by atoms with van der Waals surface area (Å²) in [4.78, 5) is 12.1. The summed E-state index contributed by atoms with van der Waals surface area (Å²) < 4.78 is 0.757. The molecule has 0 radical (unpaired) electrons. The van der Waals surface area contributed by atoms with Crippen LogP contribution in [0.4, 0.5) is 0 Å². The lowest BCUT2D eigenvalue weighted by Crippen LogP contribution is -2.18. The first-order valence-corrected chi connectivity index (χ1v) is 7.62. The third-order valence-corrected chi connectivity index (χ3v) is 5.23. The molecule has 3 heteroatoms. The van der Waals surface area contributed by atoms with E-state index in [2.05, 4.69) is 22.9 Å². The number of halogens is 1. The minimum absolute atomic E-state index is 0.0257. The van der Waals surface area contributed by atoms with Crippen molar-refractivity contribution in [3.05, 3.63) is 33.8 Å². The van der Waals surface area contributed by atoms with Gasteiger partial charge in [0.15, 0.2) is 5.78 Å². The number of allylic oxidation sites excluding steroid dienone is 2. The van der Waals surface area contributed by atoms with Crippen LogP contribution < -0.4 is 0 Å². The molecule has 0 aromatic heterocycles. The summed E-state index contributed by atoms with van der Waals surface area (Å²) in [6.45, 7) is 2.18. The van der Waals surface area contributed by atoms with Crippen LogP contribution in [0.25, 0.3) is 5.57 Å². The zero-order valence-electron chi connectivity index (χ0n) is 11.0. The maximum Gasteiger partial charge on any atom is 0.171 e. The number of carbonyl (C=O) groups excluding carboxylic acids is 1. The number of phenols is 1. The van der Waals surface area contributed by atoms with E-state index < -0.39 is 0 Å². The third kappa shape index (κ3) is 1.86. The van der Waals surface area contributed by atoms with Crippen molar-refractivity contribution < 1.29 is 9.90 Å². The number of ketones is 1. The second-order valence-electron chi connectivity index (χ2n) is 5.69. The Kier molecular flexibility index (Phi) is 3.05. The number of hydrogen-bond acceptors (Lipinski definition) is 2. The molecule has 0 saturated carbocycles. The Morgan fingerprint density at radius 2 is 2.16 bits per heavy atom. The van der Waals surface area contributed by atoms with Gasteiger partial charge in [0, 0.05) is 11.8 Å². The van der Waals surface area contributed by atoms with Crippen molar-refractivity contribution in [2.75, 3.05) is 0 Å². The lowest BCUT2D eigenvalue weighted by molar-refractivity contribution is -0.115. The van der Waals surface area contributed by atoms with E-state index in [1.807, 2.05) is 12.1 Å². The van der Waals surface area contributed by atoms with Crippen molar-refractivity contribution in [1.82, 2.24) is 0 Å². The predicted octanol–water partition coefficient (Wildman–Crippen LogP) is 4.20. The van der Waals surface area contributed by atoms with Crippen molar-refractivity contribution in [1.29, 1.82) is 0 Å². The van der Waals surface area contributed by atoms with Crippen molar-refractivity contribution in [2.24, 2.45) is 5.41 Å². The lowest BCUT2D eigenvalue weighted by atomic mass is 9.77. The second-order valence-corrected chi connectivity index (χ2v) is 6.48. The zero-order valence-corrected chi connectivity index (χ0v) is 12.6. The number of fused-ring (bicyclic) bond motifs is 3. The van der Waals surface area contributed by atoms with Gasteiger partial charge in [0.05, 0.1) is 4.48 Å². The molecule has 2 nitrogen and oxygen atoms in total. The Morgan fingerprint density at radius 1 is 1.37 bits per heavy atom. The molecule has 1 atom stereocenters. The smallest absolute Gasteiger partial charge is 0.171 e. The predicted molar refractivity (Wildman–Crippen MR) is 79.2 cm³/mol. The van der Waals surface area contributed by atoms with E-state index in [9.17, 15) is 9.90 Å². The van der Waals surface area contributed by atoms with E-state index in [-0.39, 0.29) is 11.2 Å². The molecule has 0 bridgehead atoms. The van der Waals surface area contributed by atoms with Gasteiger partial charge in [0.2, 0.25) is 0 Å². The van der Waals surface area contributed by atoms with Crippen molar-refractivity contribution in [2.45, 2.75) is 39.0 Å². The van der Waals surface area contributed by atoms with Gasteiger partial charge in [-0.2, -0.15) is 0 Å². The van der Waals surface area contributed by atoms with Crippen LogP contribution in [0.3, 0.4) is 0 Å². The molecule has 0 saturated heterocycles. The molecular formula is C16H17BrO2. The van der Waals surface area contributed by atoms with Crippen LogP contribution in [-0.4, -0.2) is 10.9 Å². The summed E-state index contributed by atoms with van der Waals surface area (Å²) in [5.74, 6) is 0.539. The van der Waals surface area contributed by atoms with Crippen LogP contribution in [0.1, 0.15) is 43.7 Å². The van der Waals surface area contributed by atoms with Gasteiger partial charge >= 0.3 is 0 Å². The van der Waals surface area contributed by atoms with Gasteiger partial charge in [-0.15, -0.1) is 0 Å². The summed E-state index contributed by atoms with van der Waals surface area (Å²) in [5.41, 5.74) is 3.48. The highest BCUT2D eigenvalue weighted by Crippen LogP contribution is 2.58. The third-order valence-electron chi connectivity index (χ3n) is 4.39. The molecule has 0 aliphatic heterocycles. The molecule has 19 heavy (non-hydrogen) atoms. The van der Waals surface area contributed by atoms with Gasteiger partial charge in [-0.3, -0.25) is 4.79 Å². The molecule has 0 spiro atoms. The second kappa shape index (κ2) is 4.48. The van der Waals surface area contributed by atoms with Crippen molar-refractivity contribution >= 4 is 27.3 Å². The fraction of sp³-hybridized carbons (Fsp3) is 0.438. The maximum atomic E-state index is 12.1. The first kappa shape index (κ1) is 12.9. The average molecular weight is 321 g/mol. The molecular weight excluding hydrogens is 304 g/mol. The zero-order chi connectivity index (χ0) is 13.6. The van der Waals surface area contributed by atoms with Crippen LogP contribution in [0, 0.1) is 5.41 Å². The summed E-state index contributed by atoms with van der Waals surface area (Å²) in [6, 6.07) is 5.51. The van der Waals surface area contributed by atoms with Crippen LogP contribution in [0.15, 0.2) is 22.7 Å². The van der Waals surface area contributed by atoms with Gasteiger partial charge in [-0.05, 0) is 57.6 Å². The molecule has 3 rings (SSSR count). The normalized spacial score (nSPS) is 24.8. The molecule has 1 N–H and O–H groups in total. The molecule has 0 fully saturated rings. The Labute approximate surface area is 121 Å². The average Bonchev–Trinajstić information content (AvgIpc) is 2.79. The number of benzene rings is 1. The number of carbonyl (C=O) groups is 1. The highest BCUT2D eigenvalue weighted by molar-refractivity contribution is 9.12. The highest BCUT2D eigenvalue weighted by atomic mass is 79.9. The van der Waals surface area contributed by atoms with E-state index in [0.29, 0.717) is 12.2 Å². The van der Waals surface area contributed by atoms with Gasteiger partial charge in [-0.1, -0.05) is 25.8 Å². The monoisotopic (exact) mass is 320 g/mol. The SMILES string of the molecule is CCCCC12CC(=O)C(Br)=C1c1ccc(O)cc1C2. The Hall–Kier alpha value is -1.09. The number of Topliss-reactive ketones (excluding diaryl/α,β-unsaturated/α-hetero) is 1. The number of phenolic OH excluding ortho intramolecular Hbond substituents is 1. The minimum Gasteiger partial charge on any atom is -0.508 e. The molecule has 100 valence electrons. The van der Waals surface area contributed by atoms with Crippen LogP contribution in [-0.2, 0) is 11.2 Å². The highest BCUT2D eigenvalue weighted by Gasteiger charge is 2.49. The maximum absolute atomic E-state index is 12.1. The van der Waals surface area contributed by atoms with E-state index in [4.69, 9.17) is 0 Å². The van der Waals surface area contributed by atoms with E-state index in [1.54, 1.807) is 6.07 Å². The Balaban J connectivity index is 2.12. The summed E-state index contributed by atoms with van der Waals surface area (Å²) >= 11 is 3.49. The van der Waals surface area contributed by atoms with Gasteiger partial charge in [-0.25, -0.2) is 0 Å². The standard InChI is InChI=1S/C16H17BrO2/c1-2-3-6-16-8-10-7-11(18)4-5-12(10)14(16)15(17)13(19)9-16/h4-5,7,18H,2-3,6,8-9H2,1H3. The van der Waals surface area contributed by atoms with Crippen LogP contribution in [0.5, 0.6) is 5.75 Å². The van der Waals surface area contributed by atoms with Crippen LogP contribution in [0.2, 0.25) is 0 Å². The van der Waals surface area contributed by atoms with Gasteiger partial charge in [0.1, 0.15) is 5.75 Å². The lowest BCUT2D eigenvalue weighted by Gasteiger charge is -2.25. The number of aromatic hydroxyl groups is 1. The van der Waals surface area contributed by atoms with E-state index in [0.717, 1.165) is 35.7 Å². The topological polar surface area (TPSA) is 37.3 Å². The van der Waals surface area contributed by atoms with Crippen LogP contribution >= 0.6 is 15.9 Å². The molecule has 0 heterocycles. The first-order chi connectivity index (χ1) is 9.07. The number of hydrogen-bond donors (Lipinski definition) is 1. The first-order valence-electron chi connectivity index (χ1n) is 6.83. The quantitative estimate of drug-likeness (QED) is 0.906. The van der Waals surface area contributed by atoms with E-state index >= 15 is 0 Å². The molecule has 1 aromatic carbocycles. The Bertz CT molecular complexity index is 588. The van der Waals surface area contributed by atoms with Crippen molar-refractivity contribution in [3.63, 3.8) is 0 Å². The fourth-order valence-corrected chi connectivity index (χ4v) is 4.33. The van der Waals surface area contributed by atoms with E-state index in [1.165, 1.54) is 11.1 Å². The van der Waals surface area contributed by atoms with Crippen molar-refractivity contribution in [3.8, 4) is 5.75 Å². The summed E-state index contributed by atoms with van der Waals surface area (Å²) in [5, 5.41) is 9.64. The molecule has 1 unspecified atom stereocenters. The molecule has 2 aliphatic carbocycles. The summed E-state index contributed by atoms with van der Waals surface area (Å²) in [6.07, 6.45) is 4.82. The molecule has 0 amide bonds. The molecule has 2 aliphatic rings. The summed E-state index contributed by atoms with van der Waals surface area (Å²) in [7, 11) is 0. The van der Waals surface area contributed by atoms with Gasteiger partial charge < -0.3 is 5.11 Å². The van der Waals surface area contributed by atoms with Gasteiger partial charge in [0.25, 0.3) is 0 Å². The minimum atomic E-state index is -0.0257.